The van der Waals surface area contributed by atoms with Gasteiger partial charge in [0.2, 0.25) is 11.8 Å². The molecule has 4 rings (SSSR count). The van der Waals surface area contributed by atoms with Crippen molar-refractivity contribution in [2.45, 2.75) is 57.8 Å². The van der Waals surface area contributed by atoms with E-state index < -0.39 is 5.41 Å². The molecule has 2 amide bonds. The Morgan fingerprint density at radius 2 is 1.75 bits per heavy atom. The van der Waals surface area contributed by atoms with Crippen molar-refractivity contribution in [3.05, 3.63) is 54.4 Å². The van der Waals surface area contributed by atoms with Crippen LogP contribution >= 0.6 is 0 Å². The third-order valence-corrected chi connectivity index (χ3v) is 7.56. The molecular formula is C27H35N3O2. The maximum atomic E-state index is 13.1. The quantitative estimate of drug-likeness (QED) is 0.693. The third kappa shape index (κ3) is 5.03. The Morgan fingerprint density at radius 3 is 2.44 bits per heavy atom. The van der Waals surface area contributed by atoms with E-state index >= 15 is 0 Å². The summed E-state index contributed by atoms with van der Waals surface area (Å²) in [7, 11) is 1.72. The van der Waals surface area contributed by atoms with Crippen molar-refractivity contribution in [2.24, 2.45) is 11.3 Å². The minimum atomic E-state index is -0.486. The number of amides is 2. The molecule has 1 aromatic carbocycles. The van der Waals surface area contributed by atoms with Gasteiger partial charge in [0.25, 0.3) is 0 Å². The Morgan fingerprint density at radius 1 is 1.06 bits per heavy atom. The fourth-order valence-electron chi connectivity index (χ4n) is 5.57. The average molecular weight is 434 g/mol. The van der Waals surface area contributed by atoms with Crippen LogP contribution in [-0.2, 0) is 16.0 Å². The molecule has 0 spiro atoms. The number of aromatic nitrogens is 1. The molecule has 1 saturated carbocycles. The lowest BCUT2D eigenvalue weighted by Crippen LogP contribution is -2.50. The fraction of sp³-hybridized carbons (Fsp3) is 0.519. The van der Waals surface area contributed by atoms with E-state index in [0.29, 0.717) is 38.8 Å². The van der Waals surface area contributed by atoms with Crippen LogP contribution in [0.5, 0.6) is 0 Å². The van der Waals surface area contributed by atoms with Crippen molar-refractivity contribution in [1.29, 1.82) is 0 Å². The van der Waals surface area contributed by atoms with Crippen molar-refractivity contribution >= 4 is 11.8 Å². The van der Waals surface area contributed by atoms with Crippen molar-refractivity contribution in [1.82, 2.24) is 15.2 Å². The second-order valence-corrected chi connectivity index (χ2v) is 9.50. The van der Waals surface area contributed by atoms with Gasteiger partial charge in [-0.25, -0.2) is 0 Å². The van der Waals surface area contributed by atoms with Crippen LogP contribution < -0.4 is 5.32 Å². The molecule has 0 atom stereocenters. The Labute approximate surface area is 191 Å². The zero-order valence-corrected chi connectivity index (χ0v) is 19.2. The van der Waals surface area contributed by atoms with Gasteiger partial charge in [0, 0.05) is 39.0 Å². The molecular weight excluding hydrogens is 398 g/mol. The highest BCUT2D eigenvalue weighted by Gasteiger charge is 2.42. The minimum absolute atomic E-state index is 0.0834. The summed E-state index contributed by atoms with van der Waals surface area (Å²) in [6.07, 6.45) is 12.6. The van der Waals surface area contributed by atoms with Crippen molar-refractivity contribution in [3.8, 4) is 11.1 Å². The summed E-state index contributed by atoms with van der Waals surface area (Å²) in [6.45, 7) is 1.32. The molecule has 0 unspecified atom stereocenters. The number of nitrogens with one attached hydrogen (secondary N) is 1. The summed E-state index contributed by atoms with van der Waals surface area (Å²) in [5, 5.41) is 2.91. The van der Waals surface area contributed by atoms with Gasteiger partial charge < -0.3 is 10.2 Å². The number of hydrogen-bond donors (Lipinski definition) is 1. The largest absolute Gasteiger partial charge is 0.359 e. The lowest BCUT2D eigenvalue weighted by Gasteiger charge is -2.41. The molecule has 1 aromatic heterocycles. The molecule has 1 aliphatic heterocycles. The average Bonchev–Trinajstić information content (AvgIpc) is 3.37. The van der Waals surface area contributed by atoms with Crippen LogP contribution in [0.1, 0.15) is 56.9 Å². The Kier molecular flexibility index (Phi) is 7.23. The van der Waals surface area contributed by atoms with Gasteiger partial charge in [-0.2, -0.15) is 0 Å². The summed E-state index contributed by atoms with van der Waals surface area (Å²) < 4.78 is 0. The van der Waals surface area contributed by atoms with Crippen molar-refractivity contribution in [2.75, 3.05) is 20.1 Å². The SMILES string of the molecule is CNC(=O)C1(Cc2ccccc2-c2ccncc2)CCN(C(=O)CCC2CCCC2)CC1. The third-order valence-electron chi connectivity index (χ3n) is 7.56. The second-order valence-electron chi connectivity index (χ2n) is 9.50. The monoisotopic (exact) mass is 433 g/mol. The maximum absolute atomic E-state index is 13.1. The number of benzene rings is 1. The zero-order chi connectivity index (χ0) is 22.4. The highest BCUT2D eigenvalue weighted by Crippen LogP contribution is 2.38. The van der Waals surface area contributed by atoms with Gasteiger partial charge in [-0.1, -0.05) is 49.9 Å². The summed E-state index contributed by atoms with van der Waals surface area (Å²) in [6, 6.07) is 12.3. The van der Waals surface area contributed by atoms with Crippen LogP contribution in [0.3, 0.4) is 0 Å². The highest BCUT2D eigenvalue weighted by atomic mass is 16.2. The second kappa shape index (κ2) is 10.3. The van der Waals surface area contributed by atoms with E-state index in [4.69, 9.17) is 0 Å². The number of piperidine rings is 1. The van der Waals surface area contributed by atoms with E-state index in [1.807, 2.05) is 29.2 Å². The van der Waals surface area contributed by atoms with Gasteiger partial charge in [0.15, 0.2) is 0 Å². The van der Waals surface area contributed by atoms with Crippen molar-refractivity contribution < 1.29 is 9.59 Å². The number of rotatable bonds is 7. The van der Waals surface area contributed by atoms with Gasteiger partial charge in [0.05, 0.1) is 5.41 Å². The van der Waals surface area contributed by atoms with Crippen molar-refractivity contribution in [3.63, 3.8) is 0 Å². The maximum Gasteiger partial charge on any atom is 0.226 e. The van der Waals surface area contributed by atoms with Crippen LogP contribution in [0, 0.1) is 11.3 Å². The predicted molar refractivity (Wildman–Crippen MR) is 127 cm³/mol. The first-order chi connectivity index (χ1) is 15.6. The molecule has 1 N–H and O–H groups in total. The van der Waals surface area contributed by atoms with Crippen LogP contribution in [0.25, 0.3) is 11.1 Å². The molecule has 5 heteroatoms. The summed E-state index contributed by atoms with van der Waals surface area (Å²) in [4.78, 5) is 32.0. The molecule has 0 radical (unpaired) electrons. The molecule has 1 saturated heterocycles. The fourth-order valence-corrected chi connectivity index (χ4v) is 5.57. The van der Waals surface area contributed by atoms with Crippen LogP contribution in [0.4, 0.5) is 0 Å². The first-order valence-electron chi connectivity index (χ1n) is 12.1. The highest BCUT2D eigenvalue weighted by molar-refractivity contribution is 5.84. The van der Waals surface area contributed by atoms with Gasteiger partial charge in [-0.05, 0) is 60.4 Å². The van der Waals surface area contributed by atoms with Crippen LogP contribution in [0.2, 0.25) is 0 Å². The number of nitrogens with zero attached hydrogens (tertiary/aromatic N) is 2. The number of hydrogen-bond acceptors (Lipinski definition) is 3. The zero-order valence-electron chi connectivity index (χ0n) is 19.2. The van der Waals surface area contributed by atoms with E-state index in [2.05, 4.69) is 22.4 Å². The first-order valence-corrected chi connectivity index (χ1v) is 12.1. The molecule has 0 bridgehead atoms. The number of pyridine rings is 1. The summed E-state index contributed by atoms with van der Waals surface area (Å²) in [5.74, 6) is 1.08. The van der Waals surface area contributed by atoms with E-state index in [9.17, 15) is 9.59 Å². The topological polar surface area (TPSA) is 62.3 Å². The molecule has 170 valence electrons. The predicted octanol–water partition coefficient (Wildman–Crippen LogP) is 4.62. The molecule has 2 fully saturated rings. The Bertz CT molecular complexity index is 914. The van der Waals surface area contributed by atoms with E-state index in [1.165, 1.54) is 31.2 Å². The lowest BCUT2D eigenvalue weighted by atomic mass is 9.72. The Hall–Kier alpha value is -2.69. The molecule has 2 aliphatic rings. The summed E-state index contributed by atoms with van der Waals surface area (Å²) in [5.41, 5.74) is 2.94. The number of carbonyl (C=O) groups excluding carboxylic acids is 2. The van der Waals surface area contributed by atoms with E-state index in [1.54, 1.807) is 19.4 Å². The first kappa shape index (κ1) is 22.5. The Balaban J connectivity index is 1.46. The van der Waals surface area contributed by atoms with Gasteiger partial charge in [0.1, 0.15) is 0 Å². The molecule has 2 heterocycles. The molecule has 32 heavy (non-hydrogen) atoms. The lowest BCUT2D eigenvalue weighted by molar-refractivity contribution is -0.140. The van der Waals surface area contributed by atoms with Crippen LogP contribution in [0.15, 0.2) is 48.8 Å². The van der Waals surface area contributed by atoms with Gasteiger partial charge >= 0.3 is 0 Å². The minimum Gasteiger partial charge on any atom is -0.359 e. The number of likely N-dealkylation sites (tertiary alicyclic amines) is 1. The van der Waals surface area contributed by atoms with E-state index in [-0.39, 0.29) is 11.8 Å². The summed E-state index contributed by atoms with van der Waals surface area (Å²) >= 11 is 0. The number of carbonyl (C=O) groups is 2. The molecule has 1 aliphatic carbocycles. The van der Waals surface area contributed by atoms with Crippen LogP contribution in [-0.4, -0.2) is 41.8 Å². The molecule has 2 aromatic rings. The van der Waals surface area contributed by atoms with E-state index in [0.717, 1.165) is 23.5 Å². The standard InChI is InChI=1S/C27H35N3O2/c1-28-26(32)27(20-23-8-4-5-9-24(23)22-12-16-29-17-13-22)14-18-30(19-15-27)25(31)11-10-21-6-2-3-7-21/h4-5,8-9,12-13,16-17,21H,2-3,6-7,10-11,14-15,18-20H2,1H3,(H,28,32). The smallest absolute Gasteiger partial charge is 0.226 e. The molecule has 5 nitrogen and oxygen atoms in total. The van der Waals surface area contributed by atoms with Gasteiger partial charge in [-0.15, -0.1) is 0 Å². The normalized spacial score (nSPS) is 18.5. The van der Waals surface area contributed by atoms with Gasteiger partial charge in [-0.3, -0.25) is 14.6 Å².